The summed E-state index contributed by atoms with van der Waals surface area (Å²) in [5.41, 5.74) is 2.99. The summed E-state index contributed by atoms with van der Waals surface area (Å²) in [6, 6.07) is 9.58. The van der Waals surface area contributed by atoms with Crippen molar-refractivity contribution in [2.45, 2.75) is 20.8 Å². The first kappa shape index (κ1) is 25.1. The van der Waals surface area contributed by atoms with Crippen LogP contribution in [0.3, 0.4) is 0 Å². The summed E-state index contributed by atoms with van der Waals surface area (Å²) in [5, 5.41) is 0.389. The second-order valence-electron chi connectivity index (χ2n) is 7.31. The van der Waals surface area contributed by atoms with Gasteiger partial charge in [-0.1, -0.05) is 59.4 Å². The van der Waals surface area contributed by atoms with Crippen molar-refractivity contribution in [3.63, 3.8) is 0 Å². The Labute approximate surface area is 209 Å². The fraction of sp³-hybridized carbons (Fsp3) is 0.280. The summed E-state index contributed by atoms with van der Waals surface area (Å²) < 4.78 is 18.0. The molecular weight excluding hydrogens is 478 g/mol. The number of benzene rings is 2. The van der Waals surface area contributed by atoms with Gasteiger partial charge in [0.25, 0.3) is 5.91 Å². The minimum atomic E-state index is -0.150. The van der Waals surface area contributed by atoms with E-state index in [-0.39, 0.29) is 5.91 Å². The lowest BCUT2D eigenvalue weighted by Crippen LogP contribution is -2.27. The maximum atomic E-state index is 12.6. The van der Waals surface area contributed by atoms with E-state index in [0.29, 0.717) is 52.1 Å². The highest BCUT2D eigenvalue weighted by molar-refractivity contribution is 8.26. The van der Waals surface area contributed by atoms with Crippen LogP contribution >= 0.6 is 35.6 Å². The molecule has 0 aromatic heterocycles. The summed E-state index contributed by atoms with van der Waals surface area (Å²) in [6.07, 6.45) is 3.40. The van der Waals surface area contributed by atoms with E-state index in [1.165, 1.54) is 22.2 Å². The van der Waals surface area contributed by atoms with Crippen molar-refractivity contribution >= 4 is 51.9 Å². The average molecular weight is 504 g/mol. The molecule has 174 valence electrons. The maximum absolute atomic E-state index is 12.6. The quantitative estimate of drug-likeness (QED) is 0.166. The van der Waals surface area contributed by atoms with Gasteiger partial charge in [-0.2, -0.15) is 0 Å². The number of rotatable bonds is 10. The Balaban J connectivity index is 1.72. The van der Waals surface area contributed by atoms with E-state index in [0.717, 1.165) is 16.9 Å². The number of amides is 1. The topological polar surface area (TPSA) is 48.0 Å². The Morgan fingerprint density at radius 1 is 1.12 bits per heavy atom. The molecule has 0 saturated carbocycles. The molecule has 0 atom stereocenters. The van der Waals surface area contributed by atoms with Gasteiger partial charge in [-0.05, 0) is 56.2 Å². The summed E-state index contributed by atoms with van der Waals surface area (Å²) in [6.45, 7) is 11.1. The molecule has 1 saturated heterocycles. The van der Waals surface area contributed by atoms with Crippen LogP contribution in [0.15, 0.2) is 47.9 Å². The molecule has 33 heavy (non-hydrogen) atoms. The largest absolute Gasteiger partial charge is 0.490 e. The van der Waals surface area contributed by atoms with Gasteiger partial charge < -0.3 is 14.2 Å². The van der Waals surface area contributed by atoms with Gasteiger partial charge in [0.05, 0.1) is 16.5 Å². The summed E-state index contributed by atoms with van der Waals surface area (Å²) >= 11 is 13.1. The van der Waals surface area contributed by atoms with Crippen molar-refractivity contribution in [1.29, 1.82) is 0 Å². The minimum absolute atomic E-state index is 0.150. The Hall–Kier alpha value is -2.48. The van der Waals surface area contributed by atoms with Crippen molar-refractivity contribution in [1.82, 2.24) is 4.90 Å². The van der Waals surface area contributed by atoms with Gasteiger partial charge in [0, 0.05) is 6.54 Å². The molecule has 1 amide bonds. The predicted molar refractivity (Wildman–Crippen MR) is 140 cm³/mol. The molecule has 0 N–H and O–H groups in total. The van der Waals surface area contributed by atoms with Gasteiger partial charge in [0.2, 0.25) is 0 Å². The standard InChI is InChI=1S/C25H26ClNO4S2/c1-5-9-27-24(28)22(33-25(27)32)15-18-13-19(26)23(21(14-18)29-6-2)31-11-10-30-20-8-7-16(3)12-17(20)4/h5,7-8,12-15H,1,6,9-11H2,2-4H3/b22-15-. The molecule has 0 bridgehead atoms. The van der Waals surface area contributed by atoms with Gasteiger partial charge in [-0.15, -0.1) is 6.58 Å². The van der Waals surface area contributed by atoms with E-state index in [4.69, 9.17) is 38.0 Å². The molecule has 5 nitrogen and oxygen atoms in total. The molecule has 1 aliphatic heterocycles. The Kier molecular flexibility index (Phi) is 8.83. The van der Waals surface area contributed by atoms with Gasteiger partial charge in [-0.25, -0.2) is 0 Å². The van der Waals surface area contributed by atoms with Crippen LogP contribution in [0.5, 0.6) is 17.2 Å². The lowest BCUT2D eigenvalue weighted by molar-refractivity contribution is -0.121. The Morgan fingerprint density at radius 3 is 2.58 bits per heavy atom. The van der Waals surface area contributed by atoms with Crippen molar-refractivity contribution in [3.05, 3.63) is 69.6 Å². The van der Waals surface area contributed by atoms with Crippen molar-refractivity contribution in [3.8, 4) is 17.2 Å². The Bertz CT molecular complexity index is 1100. The summed E-state index contributed by atoms with van der Waals surface area (Å²) in [7, 11) is 0. The Morgan fingerprint density at radius 2 is 1.88 bits per heavy atom. The first-order valence-corrected chi connectivity index (χ1v) is 12.1. The molecule has 1 heterocycles. The highest BCUT2D eigenvalue weighted by Crippen LogP contribution is 2.39. The number of nitrogens with zero attached hydrogens (tertiary/aromatic N) is 1. The smallest absolute Gasteiger partial charge is 0.266 e. The second-order valence-corrected chi connectivity index (χ2v) is 9.39. The fourth-order valence-corrected chi connectivity index (χ4v) is 4.82. The van der Waals surface area contributed by atoms with Crippen LogP contribution in [-0.4, -0.2) is 41.5 Å². The third-order valence-electron chi connectivity index (χ3n) is 4.73. The highest BCUT2D eigenvalue weighted by Gasteiger charge is 2.31. The molecule has 3 rings (SSSR count). The molecule has 2 aromatic carbocycles. The zero-order valence-corrected chi connectivity index (χ0v) is 21.2. The molecule has 0 aliphatic carbocycles. The lowest BCUT2D eigenvalue weighted by atomic mass is 10.1. The summed E-state index contributed by atoms with van der Waals surface area (Å²) in [4.78, 5) is 14.6. The fourth-order valence-electron chi connectivity index (χ4n) is 3.27. The number of ether oxygens (including phenoxy) is 3. The number of halogens is 1. The zero-order chi connectivity index (χ0) is 24.0. The summed E-state index contributed by atoms with van der Waals surface area (Å²) in [5.74, 6) is 1.62. The van der Waals surface area contributed by atoms with E-state index in [1.54, 1.807) is 24.3 Å². The molecule has 1 aliphatic rings. The van der Waals surface area contributed by atoms with Gasteiger partial charge in [0.15, 0.2) is 11.5 Å². The monoisotopic (exact) mass is 503 g/mol. The normalized spacial score (nSPS) is 14.7. The molecule has 8 heteroatoms. The van der Waals surface area contributed by atoms with Crippen LogP contribution in [0.25, 0.3) is 6.08 Å². The van der Waals surface area contributed by atoms with E-state index < -0.39 is 0 Å². The van der Waals surface area contributed by atoms with Gasteiger partial charge in [-0.3, -0.25) is 9.69 Å². The van der Waals surface area contributed by atoms with Crippen LogP contribution in [0, 0.1) is 13.8 Å². The number of thioether (sulfide) groups is 1. The van der Waals surface area contributed by atoms with Crippen LogP contribution in [0.4, 0.5) is 0 Å². The van der Waals surface area contributed by atoms with Crippen molar-refractivity contribution in [2.24, 2.45) is 0 Å². The molecule has 2 aromatic rings. The van der Waals surface area contributed by atoms with Crippen LogP contribution < -0.4 is 14.2 Å². The van der Waals surface area contributed by atoms with Gasteiger partial charge >= 0.3 is 0 Å². The molecule has 0 unspecified atom stereocenters. The number of carbonyl (C=O) groups is 1. The minimum Gasteiger partial charge on any atom is -0.490 e. The number of thiocarbonyl (C=S) groups is 1. The van der Waals surface area contributed by atoms with E-state index in [2.05, 4.69) is 12.6 Å². The van der Waals surface area contributed by atoms with E-state index in [9.17, 15) is 4.79 Å². The number of hydrogen-bond donors (Lipinski definition) is 0. The molecule has 0 spiro atoms. The van der Waals surface area contributed by atoms with Crippen LogP contribution in [-0.2, 0) is 4.79 Å². The van der Waals surface area contributed by atoms with E-state index in [1.807, 2.05) is 32.9 Å². The number of aryl methyl sites for hydroxylation is 2. The van der Waals surface area contributed by atoms with Gasteiger partial charge in [0.1, 0.15) is 23.3 Å². The molecule has 1 fully saturated rings. The van der Waals surface area contributed by atoms with Crippen LogP contribution in [0.1, 0.15) is 23.6 Å². The molecular formula is C25H26ClNO4S2. The maximum Gasteiger partial charge on any atom is 0.266 e. The molecule has 0 radical (unpaired) electrons. The van der Waals surface area contributed by atoms with E-state index >= 15 is 0 Å². The third kappa shape index (κ3) is 6.31. The van der Waals surface area contributed by atoms with Crippen molar-refractivity contribution in [2.75, 3.05) is 26.4 Å². The number of carbonyl (C=O) groups excluding carboxylic acids is 1. The van der Waals surface area contributed by atoms with Crippen LogP contribution in [0.2, 0.25) is 5.02 Å². The second kappa shape index (κ2) is 11.6. The van der Waals surface area contributed by atoms with Crippen molar-refractivity contribution < 1.29 is 19.0 Å². The third-order valence-corrected chi connectivity index (χ3v) is 6.39. The first-order chi connectivity index (χ1) is 15.8. The predicted octanol–water partition coefficient (Wildman–Crippen LogP) is 6.20. The SMILES string of the molecule is C=CCN1C(=O)/C(=C/c2cc(Cl)c(OCCOc3ccc(C)cc3C)c(OCC)c2)SC1=S. The first-order valence-electron chi connectivity index (χ1n) is 10.5. The zero-order valence-electron chi connectivity index (χ0n) is 18.9. The highest BCUT2D eigenvalue weighted by atomic mass is 35.5. The average Bonchev–Trinajstić information content (AvgIpc) is 3.02. The number of hydrogen-bond acceptors (Lipinski definition) is 6. The lowest BCUT2D eigenvalue weighted by Gasteiger charge is -2.15.